The number of methoxy groups -OCH3 is 1. The van der Waals surface area contributed by atoms with Gasteiger partial charge in [-0.25, -0.2) is 4.98 Å². The predicted molar refractivity (Wildman–Crippen MR) is 102 cm³/mol. The normalized spacial score (nSPS) is 11.2. The molecule has 0 unspecified atom stereocenters. The van der Waals surface area contributed by atoms with Crippen molar-refractivity contribution in [1.82, 2.24) is 24.1 Å². The van der Waals surface area contributed by atoms with Crippen LogP contribution in [0.5, 0.6) is 5.75 Å². The van der Waals surface area contributed by atoms with Crippen LogP contribution in [0.2, 0.25) is 0 Å². The van der Waals surface area contributed by atoms with Gasteiger partial charge in [-0.1, -0.05) is 17.8 Å². The lowest BCUT2D eigenvalue weighted by molar-refractivity contribution is 0.415. The lowest BCUT2D eigenvalue weighted by Gasteiger charge is -2.04. The first-order chi connectivity index (χ1) is 12.6. The number of hydrogen-bond acceptors (Lipinski definition) is 5. The van der Waals surface area contributed by atoms with Gasteiger partial charge in [-0.05, 0) is 42.8 Å². The van der Waals surface area contributed by atoms with Gasteiger partial charge >= 0.3 is 0 Å². The number of hydrogen-bond donors (Lipinski definition) is 0. The fraction of sp³-hybridized carbons (Fsp3) is 0.211. The molecular formula is C19H19N5OS. The van der Waals surface area contributed by atoms with Gasteiger partial charge < -0.3 is 13.7 Å². The van der Waals surface area contributed by atoms with Crippen molar-refractivity contribution in [3.63, 3.8) is 0 Å². The monoisotopic (exact) mass is 365 g/mol. The largest absolute Gasteiger partial charge is 0.497 e. The van der Waals surface area contributed by atoms with Gasteiger partial charge in [0, 0.05) is 30.8 Å². The van der Waals surface area contributed by atoms with Gasteiger partial charge in [-0.2, -0.15) is 0 Å². The zero-order valence-corrected chi connectivity index (χ0v) is 15.7. The SMILES string of the molecule is COc1ccc(-c2nnc(SCc3cn4cc(C)ccc4n3)n2C)cc1. The van der Waals surface area contributed by atoms with Crippen LogP contribution in [-0.4, -0.2) is 31.3 Å². The second kappa shape index (κ2) is 6.84. The number of aryl methyl sites for hydroxylation is 1. The van der Waals surface area contributed by atoms with Crippen LogP contribution in [0, 0.1) is 6.92 Å². The van der Waals surface area contributed by atoms with Crippen LogP contribution < -0.4 is 4.74 Å². The van der Waals surface area contributed by atoms with E-state index in [2.05, 4.69) is 45.0 Å². The quantitative estimate of drug-likeness (QED) is 0.504. The number of aromatic nitrogens is 5. The van der Waals surface area contributed by atoms with Crippen molar-refractivity contribution >= 4 is 17.4 Å². The van der Waals surface area contributed by atoms with Crippen molar-refractivity contribution in [2.75, 3.05) is 7.11 Å². The highest BCUT2D eigenvalue weighted by molar-refractivity contribution is 7.98. The fourth-order valence-electron chi connectivity index (χ4n) is 2.80. The Bertz CT molecular complexity index is 1050. The highest BCUT2D eigenvalue weighted by Crippen LogP contribution is 2.26. The van der Waals surface area contributed by atoms with Gasteiger partial charge in [-0.3, -0.25) is 0 Å². The molecule has 132 valence electrons. The maximum absolute atomic E-state index is 5.20. The molecule has 0 N–H and O–H groups in total. The van der Waals surface area contributed by atoms with Crippen LogP contribution >= 0.6 is 11.8 Å². The van der Waals surface area contributed by atoms with Gasteiger partial charge in [-0.15, -0.1) is 10.2 Å². The molecule has 0 spiro atoms. The minimum Gasteiger partial charge on any atom is -0.497 e. The Hall–Kier alpha value is -2.80. The Morgan fingerprint density at radius 3 is 2.62 bits per heavy atom. The Morgan fingerprint density at radius 1 is 1.04 bits per heavy atom. The lowest BCUT2D eigenvalue weighted by Crippen LogP contribution is -1.95. The summed E-state index contributed by atoms with van der Waals surface area (Å²) >= 11 is 1.63. The molecule has 0 fully saturated rings. The average Bonchev–Trinajstić information content (AvgIpc) is 3.22. The number of benzene rings is 1. The summed E-state index contributed by atoms with van der Waals surface area (Å²) in [5.41, 5.74) is 4.21. The van der Waals surface area contributed by atoms with Crippen LogP contribution in [0.4, 0.5) is 0 Å². The summed E-state index contributed by atoms with van der Waals surface area (Å²) in [5, 5.41) is 9.53. The molecule has 0 saturated heterocycles. The van der Waals surface area contributed by atoms with Crippen LogP contribution in [-0.2, 0) is 12.8 Å². The van der Waals surface area contributed by atoms with E-state index in [-0.39, 0.29) is 0 Å². The maximum atomic E-state index is 5.20. The highest BCUT2D eigenvalue weighted by Gasteiger charge is 2.12. The smallest absolute Gasteiger partial charge is 0.191 e. The van der Waals surface area contributed by atoms with E-state index in [1.807, 2.05) is 41.9 Å². The average molecular weight is 365 g/mol. The first-order valence-electron chi connectivity index (χ1n) is 8.25. The molecule has 0 aliphatic heterocycles. The fourth-order valence-corrected chi connectivity index (χ4v) is 3.59. The summed E-state index contributed by atoms with van der Waals surface area (Å²) < 4.78 is 9.27. The van der Waals surface area contributed by atoms with Crippen molar-refractivity contribution in [3.05, 3.63) is 60.0 Å². The number of nitrogens with zero attached hydrogens (tertiary/aromatic N) is 5. The molecule has 0 aliphatic rings. The van der Waals surface area contributed by atoms with Crippen molar-refractivity contribution in [2.45, 2.75) is 17.8 Å². The zero-order valence-electron chi connectivity index (χ0n) is 14.9. The van der Waals surface area contributed by atoms with E-state index in [1.165, 1.54) is 5.56 Å². The minimum absolute atomic E-state index is 0.745. The molecule has 0 saturated carbocycles. The Kier molecular flexibility index (Phi) is 4.38. The highest BCUT2D eigenvalue weighted by atomic mass is 32.2. The summed E-state index contributed by atoms with van der Waals surface area (Å²) in [5.74, 6) is 2.41. The topological polar surface area (TPSA) is 57.2 Å². The first-order valence-corrected chi connectivity index (χ1v) is 9.23. The van der Waals surface area contributed by atoms with E-state index in [0.717, 1.165) is 39.4 Å². The Balaban J connectivity index is 1.52. The van der Waals surface area contributed by atoms with Crippen molar-refractivity contribution < 1.29 is 4.74 Å². The summed E-state index contributed by atoms with van der Waals surface area (Å²) in [4.78, 5) is 4.65. The van der Waals surface area contributed by atoms with E-state index in [9.17, 15) is 0 Å². The van der Waals surface area contributed by atoms with Crippen LogP contribution in [0.1, 0.15) is 11.3 Å². The van der Waals surface area contributed by atoms with Gasteiger partial charge in [0.05, 0.1) is 12.8 Å². The third-order valence-electron chi connectivity index (χ3n) is 4.18. The van der Waals surface area contributed by atoms with E-state index < -0.39 is 0 Å². The Labute approximate surface area is 155 Å². The number of thioether (sulfide) groups is 1. The van der Waals surface area contributed by atoms with Gasteiger partial charge in [0.25, 0.3) is 0 Å². The predicted octanol–water partition coefficient (Wildman–Crippen LogP) is 3.74. The van der Waals surface area contributed by atoms with Gasteiger partial charge in [0.1, 0.15) is 11.4 Å². The van der Waals surface area contributed by atoms with Crippen LogP contribution in [0.3, 0.4) is 0 Å². The molecule has 0 atom stereocenters. The van der Waals surface area contributed by atoms with E-state index in [0.29, 0.717) is 0 Å². The molecular weight excluding hydrogens is 346 g/mol. The van der Waals surface area contributed by atoms with Crippen LogP contribution in [0.15, 0.2) is 53.9 Å². The second-order valence-electron chi connectivity index (χ2n) is 6.09. The molecule has 0 bridgehead atoms. The molecule has 3 heterocycles. The second-order valence-corrected chi connectivity index (χ2v) is 7.03. The molecule has 4 rings (SSSR count). The third-order valence-corrected chi connectivity index (χ3v) is 5.23. The van der Waals surface area contributed by atoms with E-state index >= 15 is 0 Å². The van der Waals surface area contributed by atoms with Gasteiger partial charge in [0.2, 0.25) is 0 Å². The van der Waals surface area contributed by atoms with E-state index in [1.54, 1.807) is 18.9 Å². The summed E-state index contributed by atoms with van der Waals surface area (Å²) in [6, 6.07) is 11.9. The molecule has 1 aromatic carbocycles. The molecule has 26 heavy (non-hydrogen) atoms. The van der Waals surface area contributed by atoms with Crippen molar-refractivity contribution in [3.8, 4) is 17.1 Å². The molecule has 0 radical (unpaired) electrons. The summed E-state index contributed by atoms with van der Waals surface area (Å²) in [7, 11) is 3.64. The number of ether oxygens (including phenoxy) is 1. The summed E-state index contributed by atoms with van der Waals surface area (Å²) in [6.45, 7) is 2.08. The number of fused-ring (bicyclic) bond motifs is 1. The third kappa shape index (κ3) is 3.17. The molecule has 0 amide bonds. The van der Waals surface area contributed by atoms with Crippen molar-refractivity contribution in [2.24, 2.45) is 7.05 Å². The number of pyridine rings is 1. The lowest BCUT2D eigenvalue weighted by atomic mass is 10.2. The van der Waals surface area contributed by atoms with Crippen molar-refractivity contribution in [1.29, 1.82) is 0 Å². The van der Waals surface area contributed by atoms with Crippen LogP contribution in [0.25, 0.3) is 17.0 Å². The first kappa shape index (κ1) is 16.7. The summed E-state index contributed by atoms with van der Waals surface area (Å²) in [6.07, 6.45) is 4.15. The maximum Gasteiger partial charge on any atom is 0.191 e. The van der Waals surface area contributed by atoms with Gasteiger partial charge in [0.15, 0.2) is 11.0 Å². The minimum atomic E-state index is 0.745. The molecule has 6 nitrogen and oxygen atoms in total. The number of imidazole rings is 1. The molecule has 4 aromatic rings. The van der Waals surface area contributed by atoms with E-state index in [4.69, 9.17) is 4.74 Å². The number of rotatable bonds is 5. The zero-order chi connectivity index (χ0) is 18.1. The molecule has 0 aliphatic carbocycles. The molecule has 3 aromatic heterocycles. The standard InChI is InChI=1S/C19H19N5OS/c1-13-4-9-17-20-15(11-24(17)10-13)12-26-19-22-21-18(23(19)2)14-5-7-16(25-3)8-6-14/h4-11H,12H2,1-3H3. The Morgan fingerprint density at radius 2 is 1.85 bits per heavy atom. The molecule has 7 heteroatoms.